The summed E-state index contributed by atoms with van der Waals surface area (Å²) >= 11 is 0. The number of unbranched alkanes of at least 4 members (excludes halogenated alkanes) is 6. The Morgan fingerprint density at radius 1 is 1.23 bits per heavy atom. The highest BCUT2D eigenvalue weighted by Crippen LogP contribution is 2.22. The van der Waals surface area contributed by atoms with Gasteiger partial charge in [0.2, 0.25) is 0 Å². The number of benzene rings is 1. The first-order valence-electron chi connectivity index (χ1n) is 11.3. The van der Waals surface area contributed by atoms with Gasteiger partial charge in [0.1, 0.15) is 5.82 Å². The summed E-state index contributed by atoms with van der Waals surface area (Å²) in [6.07, 6.45) is 11.1. The molecule has 0 amide bonds. The van der Waals surface area contributed by atoms with E-state index in [9.17, 15) is 4.39 Å². The number of aryl methyl sites for hydroxylation is 1. The Morgan fingerprint density at radius 3 is 2.73 bits per heavy atom. The maximum atomic E-state index is 14.6. The monoisotopic (exact) mass is 415 g/mol. The summed E-state index contributed by atoms with van der Waals surface area (Å²) in [7, 11) is 0. The van der Waals surface area contributed by atoms with Crippen LogP contribution in [0.2, 0.25) is 0 Å². The van der Waals surface area contributed by atoms with Crippen LogP contribution in [-0.4, -0.2) is 41.6 Å². The van der Waals surface area contributed by atoms with Crippen LogP contribution in [0.5, 0.6) is 0 Å². The van der Waals surface area contributed by atoms with Crippen molar-refractivity contribution in [2.75, 3.05) is 13.2 Å². The van der Waals surface area contributed by atoms with E-state index in [-0.39, 0.29) is 24.4 Å². The van der Waals surface area contributed by atoms with Crippen LogP contribution in [0, 0.1) is 11.2 Å². The number of oxime groups is 1. The summed E-state index contributed by atoms with van der Waals surface area (Å²) < 4.78 is 14.6. The minimum Gasteiger partial charge on any atom is -0.388 e. The zero-order valence-corrected chi connectivity index (χ0v) is 18.0. The van der Waals surface area contributed by atoms with Gasteiger partial charge in [-0.1, -0.05) is 62.7 Å². The Kier molecular flexibility index (Phi) is 8.22. The molecule has 3 N–H and O–H groups in total. The first-order chi connectivity index (χ1) is 14.6. The van der Waals surface area contributed by atoms with Crippen molar-refractivity contribution in [3.63, 3.8) is 0 Å². The zero-order chi connectivity index (χ0) is 21.3. The van der Waals surface area contributed by atoms with Crippen LogP contribution >= 0.6 is 0 Å². The van der Waals surface area contributed by atoms with Gasteiger partial charge in [0, 0.05) is 12.1 Å². The highest BCUT2D eigenvalue weighted by atomic mass is 19.1. The van der Waals surface area contributed by atoms with E-state index in [0.717, 1.165) is 49.9 Å². The summed E-state index contributed by atoms with van der Waals surface area (Å²) in [4.78, 5) is 11.8. The van der Waals surface area contributed by atoms with Crippen LogP contribution in [-0.2, 0) is 11.3 Å². The van der Waals surface area contributed by atoms with Gasteiger partial charge >= 0.3 is 0 Å². The predicted molar refractivity (Wildman–Crippen MR) is 120 cm³/mol. The third-order valence-electron chi connectivity index (χ3n) is 5.92. The first kappa shape index (κ1) is 22.2. The maximum absolute atomic E-state index is 14.6. The second-order valence-corrected chi connectivity index (χ2v) is 8.21. The van der Waals surface area contributed by atoms with Gasteiger partial charge in [0.15, 0.2) is 18.4 Å². The second-order valence-electron chi connectivity index (χ2n) is 8.21. The fraction of sp³-hybridized carbons (Fsp3) is 0.609. The van der Waals surface area contributed by atoms with Crippen LogP contribution in [0.4, 0.5) is 4.39 Å². The van der Waals surface area contributed by atoms with Gasteiger partial charge in [0.25, 0.3) is 0 Å². The molecule has 0 aliphatic carbocycles. The first-order valence-corrected chi connectivity index (χ1v) is 11.3. The number of nitrogens with two attached hydrogens (primary N) is 1. The van der Waals surface area contributed by atoms with Gasteiger partial charge in [-0.2, -0.15) is 0 Å². The van der Waals surface area contributed by atoms with Crippen LogP contribution in [0.1, 0.15) is 75.8 Å². The van der Waals surface area contributed by atoms with Crippen LogP contribution in [0.25, 0.3) is 0 Å². The van der Waals surface area contributed by atoms with Crippen LogP contribution < -0.4 is 5.73 Å². The Hall–Kier alpha value is -2.44. The minimum atomic E-state index is -0.213. The maximum Gasteiger partial charge on any atom is 0.198 e. The topological polar surface area (TPSA) is 87.1 Å². The molecule has 2 aliphatic rings. The smallest absolute Gasteiger partial charge is 0.198 e. The van der Waals surface area contributed by atoms with Crippen LogP contribution in [0.3, 0.4) is 0 Å². The lowest BCUT2D eigenvalue weighted by Gasteiger charge is -2.26. The van der Waals surface area contributed by atoms with E-state index in [4.69, 9.17) is 16.0 Å². The van der Waals surface area contributed by atoms with E-state index in [1.54, 1.807) is 0 Å². The minimum absolute atomic E-state index is 0.0463. The average molecular weight is 416 g/mol. The van der Waals surface area contributed by atoms with E-state index < -0.39 is 0 Å². The second kappa shape index (κ2) is 11.1. The molecule has 1 saturated heterocycles. The summed E-state index contributed by atoms with van der Waals surface area (Å²) in [5.74, 6) is 0.216. The molecular weight excluding hydrogens is 381 g/mol. The molecule has 0 radical (unpaired) electrons. The summed E-state index contributed by atoms with van der Waals surface area (Å²) in [5.41, 5.74) is 7.84. The van der Waals surface area contributed by atoms with Gasteiger partial charge in [-0.15, -0.1) is 0 Å². The average Bonchev–Trinajstić information content (AvgIpc) is 3.24. The number of nitrogens with one attached hydrogen (secondary N) is 1. The Labute approximate surface area is 178 Å². The lowest BCUT2D eigenvalue weighted by Crippen LogP contribution is -2.45. The van der Waals surface area contributed by atoms with E-state index >= 15 is 0 Å². The lowest BCUT2D eigenvalue weighted by atomic mass is 10.0. The summed E-state index contributed by atoms with van der Waals surface area (Å²) in [5, 5.41) is 11.8. The third kappa shape index (κ3) is 5.80. The summed E-state index contributed by atoms with van der Waals surface area (Å²) in [6.45, 7) is 3.24. The number of hydrogen-bond acceptors (Lipinski definition) is 4. The number of likely N-dealkylation sites (tertiary alicyclic amines) is 1. The molecule has 1 aromatic carbocycles. The molecule has 0 aromatic heterocycles. The number of halogens is 1. The molecule has 30 heavy (non-hydrogen) atoms. The summed E-state index contributed by atoms with van der Waals surface area (Å²) in [6, 6.07) is 5.16. The number of hydrogen-bond donors (Lipinski definition) is 2. The van der Waals surface area contributed by atoms with E-state index in [0.29, 0.717) is 11.4 Å². The molecule has 0 unspecified atom stereocenters. The Bertz CT molecular complexity index is 792. The van der Waals surface area contributed by atoms with Crippen molar-refractivity contribution >= 4 is 17.5 Å². The van der Waals surface area contributed by atoms with Crippen molar-refractivity contribution in [3.8, 4) is 0 Å². The predicted octanol–water partition coefficient (Wildman–Crippen LogP) is 4.61. The van der Waals surface area contributed by atoms with Gasteiger partial charge < -0.3 is 15.5 Å². The van der Waals surface area contributed by atoms with Crippen molar-refractivity contribution in [2.45, 2.75) is 77.2 Å². The van der Waals surface area contributed by atoms with Gasteiger partial charge in [-0.3, -0.25) is 5.41 Å². The fourth-order valence-corrected chi connectivity index (χ4v) is 4.20. The number of guanidine groups is 1. The van der Waals surface area contributed by atoms with Gasteiger partial charge in [-0.05, 0) is 37.3 Å². The van der Waals surface area contributed by atoms with Crippen molar-refractivity contribution in [1.82, 2.24) is 4.90 Å². The van der Waals surface area contributed by atoms with E-state index in [2.05, 4.69) is 17.1 Å². The molecule has 6 nitrogen and oxygen atoms in total. The van der Waals surface area contributed by atoms with E-state index in [1.165, 1.54) is 38.2 Å². The standard InChI is InChI=1S/C23H34FN5O/c1-2-3-4-5-6-7-8-10-17-12-13-18(15-19(17)24)22-27-20(16-30-28-22)21-11-9-14-29(21)23(25)26/h12-13,15,21H,2-11,14,16H2,1H3,(H3,25,26)/t21-/m0/s1. The van der Waals surface area contributed by atoms with Gasteiger partial charge in [-0.25, -0.2) is 9.38 Å². The normalized spacial score (nSPS) is 18.7. The van der Waals surface area contributed by atoms with Crippen LogP contribution in [0.15, 0.2) is 28.3 Å². The molecule has 3 rings (SSSR count). The highest BCUT2D eigenvalue weighted by molar-refractivity contribution is 6.10. The number of nitrogens with zero attached hydrogens (tertiary/aromatic N) is 3. The van der Waals surface area contributed by atoms with Crippen molar-refractivity contribution in [3.05, 3.63) is 35.1 Å². The molecule has 2 aliphatic heterocycles. The quantitative estimate of drug-likeness (QED) is 0.332. The molecule has 1 atom stereocenters. The number of amidine groups is 1. The molecule has 0 saturated carbocycles. The molecule has 164 valence electrons. The zero-order valence-electron chi connectivity index (χ0n) is 18.0. The van der Waals surface area contributed by atoms with Crippen molar-refractivity contribution in [2.24, 2.45) is 15.9 Å². The third-order valence-corrected chi connectivity index (χ3v) is 5.92. The van der Waals surface area contributed by atoms with Crippen molar-refractivity contribution in [1.29, 1.82) is 5.41 Å². The Balaban J connectivity index is 1.58. The molecule has 7 heteroatoms. The number of aliphatic imine (C=N–C) groups is 1. The Morgan fingerprint density at radius 2 is 2.00 bits per heavy atom. The molecule has 1 fully saturated rings. The SMILES string of the molecule is CCCCCCCCCc1ccc(C2=NOCC([C@@H]3CCCN3C(=N)N)=N2)cc1F. The lowest BCUT2D eigenvalue weighted by molar-refractivity contribution is 0.176. The molecule has 2 heterocycles. The molecule has 1 aromatic rings. The molecule has 0 spiro atoms. The molecular formula is C23H34FN5O. The largest absolute Gasteiger partial charge is 0.388 e. The fourth-order valence-electron chi connectivity index (χ4n) is 4.20. The van der Waals surface area contributed by atoms with Gasteiger partial charge in [0.05, 0.1) is 11.8 Å². The highest BCUT2D eigenvalue weighted by Gasteiger charge is 2.31. The number of rotatable bonds is 10. The van der Waals surface area contributed by atoms with Crippen molar-refractivity contribution < 1.29 is 9.23 Å². The van der Waals surface area contributed by atoms with E-state index in [1.807, 2.05) is 17.0 Å². The molecule has 0 bridgehead atoms.